The summed E-state index contributed by atoms with van der Waals surface area (Å²) in [4.78, 5) is 37.3. The molecule has 2 aliphatic heterocycles. The van der Waals surface area contributed by atoms with Crippen molar-refractivity contribution in [2.75, 3.05) is 19.8 Å². The number of unbranched alkanes of at least 4 members (excludes halogenated alkanes) is 8. The third-order valence-corrected chi connectivity index (χ3v) is 7.87. The molecule has 0 aromatic heterocycles. The summed E-state index contributed by atoms with van der Waals surface area (Å²) in [6.45, 7) is 4.31. The highest BCUT2D eigenvalue weighted by atomic mass is 16.8. The Morgan fingerprint density at radius 2 is 1.36 bits per heavy atom. The molecule has 5 N–H and O–H groups in total. The van der Waals surface area contributed by atoms with E-state index in [9.17, 15) is 39.9 Å². The molecule has 2 fully saturated rings. The van der Waals surface area contributed by atoms with E-state index in [4.69, 9.17) is 28.4 Å². The molecule has 0 aromatic carbocycles. The maximum atomic E-state index is 12.9. The first-order valence-corrected chi connectivity index (χ1v) is 16.2. The van der Waals surface area contributed by atoms with Crippen LogP contribution in [0.5, 0.6) is 0 Å². The lowest BCUT2D eigenvalue weighted by atomic mass is 9.97. The Hall–Kier alpha value is -1.91. The summed E-state index contributed by atoms with van der Waals surface area (Å²) in [6.07, 6.45) is -3.25. The molecule has 2 heterocycles. The van der Waals surface area contributed by atoms with E-state index < -0.39 is 92.5 Å². The van der Waals surface area contributed by atoms with Crippen LogP contribution in [0, 0.1) is 5.92 Å². The Labute approximate surface area is 265 Å². The van der Waals surface area contributed by atoms with E-state index in [1.807, 2.05) is 0 Å². The van der Waals surface area contributed by atoms with Gasteiger partial charge in [0.25, 0.3) is 0 Å². The van der Waals surface area contributed by atoms with Gasteiger partial charge in [-0.2, -0.15) is 0 Å². The highest BCUT2D eigenvalue weighted by Crippen LogP contribution is 2.38. The van der Waals surface area contributed by atoms with Gasteiger partial charge in [-0.15, -0.1) is 0 Å². The highest BCUT2D eigenvalue weighted by Gasteiger charge is 2.61. The van der Waals surface area contributed by atoms with Crippen LogP contribution in [0.15, 0.2) is 0 Å². The van der Waals surface area contributed by atoms with Gasteiger partial charge in [0.15, 0.2) is 24.6 Å². The quantitative estimate of drug-likeness (QED) is 0.0714. The fourth-order valence-electron chi connectivity index (χ4n) is 5.53. The summed E-state index contributed by atoms with van der Waals surface area (Å²) in [5, 5.41) is 52.1. The van der Waals surface area contributed by atoms with E-state index in [2.05, 4.69) is 6.92 Å². The van der Waals surface area contributed by atoms with E-state index in [0.717, 1.165) is 32.6 Å². The van der Waals surface area contributed by atoms with Crippen molar-refractivity contribution in [2.45, 2.75) is 153 Å². The maximum Gasteiger partial charge on any atom is 0.306 e. The van der Waals surface area contributed by atoms with Gasteiger partial charge in [-0.05, 0) is 12.3 Å². The predicted molar refractivity (Wildman–Crippen MR) is 157 cm³/mol. The zero-order valence-corrected chi connectivity index (χ0v) is 27.0. The second kappa shape index (κ2) is 19.7. The van der Waals surface area contributed by atoms with Gasteiger partial charge >= 0.3 is 17.9 Å². The van der Waals surface area contributed by atoms with Gasteiger partial charge in [-0.3, -0.25) is 14.4 Å². The summed E-state index contributed by atoms with van der Waals surface area (Å²) in [5.41, 5.74) is 0. The molecule has 14 heteroatoms. The summed E-state index contributed by atoms with van der Waals surface area (Å²) in [5.74, 6) is -4.60. The number of rotatable bonds is 20. The Morgan fingerprint density at radius 3 is 1.89 bits per heavy atom. The Kier molecular flexibility index (Phi) is 17.2. The van der Waals surface area contributed by atoms with Crippen LogP contribution >= 0.6 is 0 Å². The van der Waals surface area contributed by atoms with Gasteiger partial charge < -0.3 is 54.0 Å². The molecule has 9 atom stereocenters. The minimum Gasteiger partial charge on any atom is -0.455 e. The molecule has 2 rings (SSSR count). The lowest BCUT2D eigenvalue weighted by Crippen LogP contribution is -2.64. The zero-order valence-electron chi connectivity index (χ0n) is 27.0. The highest BCUT2D eigenvalue weighted by molar-refractivity contribution is 5.71. The summed E-state index contributed by atoms with van der Waals surface area (Å²) in [6, 6.07) is 0. The smallest absolute Gasteiger partial charge is 0.306 e. The van der Waals surface area contributed by atoms with Crippen LogP contribution in [0.1, 0.15) is 98.3 Å². The van der Waals surface area contributed by atoms with Crippen LogP contribution in [-0.4, -0.2) is 118 Å². The largest absolute Gasteiger partial charge is 0.455 e. The van der Waals surface area contributed by atoms with Crippen molar-refractivity contribution in [3.63, 3.8) is 0 Å². The number of ether oxygens (including phenoxy) is 6. The second-order valence-corrected chi connectivity index (χ2v) is 12.2. The number of hydrogen-bond donors (Lipinski definition) is 5. The monoisotopic (exact) mass is 650 g/mol. The standard InChI is InChI=1S/C31H54O14/c1-5-6-7-8-9-10-11-12-13-14-23(36)42-28-26(39)30(41-22(17-33)27(28)43-24(37)15-19(2)3)45-31(18-34)29(40-20(4)35)25(38)21(16-32)44-31/h19,21-22,25-30,32-34,38-39H,5-18H2,1-4H3/t21-,22-,25-,26-,27-,28-,29+,30-,31+/m1/s1. The fraction of sp³-hybridized carbons (Fsp3) is 0.903. The third-order valence-electron chi connectivity index (χ3n) is 7.87. The van der Waals surface area contributed by atoms with Gasteiger partial charge in [-0.1, -0.05) is 72.1 Å². The summed E-state index contributed by atoms with van der Waals surface area (Å²) < 4.78 is 33.4. The van der Waals surface area contributed by atoms with Crippen LogP contribution in [0.2, 0.25) is 0 Å². The van der Waals surface area contributed by atoms with Crippen LogP contribution in [-0.2, 0) is 42.8 Å². The first kappa shape index (κ1) is 39.3. The minimum absolute atomic E-state index is 0.00967. The summed E-state index contributed by atoms with van der Waals surface area (Å²) in [7, 11) is 0. The molecule has 0 spiro atoms. The molecule has 262 valence electrons. The van der Waals surface area contributed by atoms with Crippen molar-refractivity contribution in [3.8, 4) is 0 Å². The van der Waals surface area contributed by atoms with Gasteiger partial charge in [0, 0.05) is 19.8 Å². The molecule has 2 aliphatic rings. The van der Waals surface area contributed by atoms with Crippen LogP contribution in [0.4, 0.5) is 0 Å². The van der Waals surface area contributed by atoms with Gasteiger partial charge in [-0.25, -0.2) is 0 Å². The average molecular weight is 651 g/mol. The van der Waals surface area contributed by atoms with Gasteiger partial charge in [0.1, 0.15) is 31.0 Å². The molecule has 0 saturated carbocycles. The van der Waals surface area contributed by atoms with Crippen molar-refractivity contribution in [1.29, 1.82) is 0 Å². The van der Waals surface area contributed by atoms with Gasteiger partial charge in [0.05, 0.1) is 13.2 Å². The number of aliphatic hydroxyl groups is 5. The third kappa shape index (κ3) is 11.7. The fourth-order valence-corrected chi connectivity index (χ4v) is 5.53. The molecular formula is C31H54O14. The van der Waals surface area contributed by atoms with Crippen LogP contribution in [0.25, 0.3) is 0 Å². The number of aliphatic hydroxyl groups excluding tert-OH is 5. The number of carbonyl (C=O) groups excluding carboxylic acids is 3. The molecule has 0 unspecified atom stereocenters. The lowest BCUT2D eigenvalue weighted by Gasteiger charge is -2.45. The Morgan fingerprint density at radius 1 is 0.778 bits per heavy atom. The van der Waals surface area contributed by atoms with E-state index in [1.165, 1.54) is 25.7 Å². The van der Waals surface area contributed by atoms with Crippen molar-refractivity contribution >= 4 is 17.9 Å². The Bertz CT molecular complexity index is 900. The van der Waals surface area contributed by atoms with Crippen molar-refractivity contribution < 1.29 is 68.3 Å². The molecule has 0 radical (unpaired) electrons. The Balaban J connectivity index is 2.20. The van der Waals surface area contributed by atoms with E-state index in [0.29, 0.717) is 6.42 Å². The van der Waals surface area contributed by atoms with Crippen LogP contribution < -0.4 is 0 Å². The predicted octanol–water partition coefficient (Wildman–Crippen LogP) is 1.24. The maximum absolute atomic E-state index is 12.9. The van der Waals surface area contributed by atoms with Crippen molar-refractivity contribution in [3.05, 3.63) is 0 Å². The number of hydrogen-bond acceptors (Lipinski definition) is 14. The normalized spacial score (nSPS) is 31.6. The number of esters is 3. The molecule has 0 amide bonds. The first-order valence-electron chi connectivity index (χ1n) is 16.2. The molecular weight excluding hydrogens is 596 g/mol. The minimum atomic E-state index is -2.32. The molecule has 0 bridgehead atoms. The molecule has 45 heavy (non-hydrogen) atoms. The zero-order chi connectivity index (χ0) is 33.6. The van der Waals surface area contributed by atoms with Crippen molar-refractivity contribution in [1.82, 2.24) is 0 Å². The molecule has 0 aromatic rings. The lowest BCUT2D eigenvalue weighted by molar-refractivity contribution is -0.384. The van der Waals surface area contributed by atoms with E-state index in [1.54, 1.807) is 13.8 Å². The second-order valence-electron chi connectivity index (χ2n) is 12.2. The van der Waals surface area contributed by atoms with Gasteiger partial charge in [0.2, 0.25) is 5.79 Å². The van der Waals surface area contributed by atoms with E-state index >= 15 is 0 Å². The number of carbonyl (C=O) groups is 3. The first-order chi connectivity index (χ1) is 21.4. The SMILES string of the molecule is CCCCCCCCCCCC(=O)O[C@@H]1[C@@H](O)[C@@H](O[C@]2(CO)O[C@H](CO)[C@@H](O)[C@@H]2OC(C)=O)O[C@H](CO)[C@H]1OC(=O)CC(C)C. The summed E-state index contributed by atoms with van der Waals surface area (Å²) >= 11 is 0. The van der Waals surface area contributed by atoms with E-state index in [-0.39, 0.29) is 18.8 Å². The van der Waals surface area contributed by atoms with Crippen LogP contribution in [0.3, 0.4) is 0 Å². The topological polar surface area (TPSA) is 208 Å². The van der Waals surface area contributed by atoms with Crippen molar-refractivity contribution in [2.24, 2.45) is 5.92 Å². The molecule has 2 saturated heterocycles. The molecule has 0 aliphatic carbocycles. The average Bonchev–Trinajstić information content (AvgIpc) is 3.24. The molecule has 14 nitrogen and oxygen atoms in total.